The van der Waals surface area contributed by atoms with Gasteiger partial charge in [-0.25, -0.2) is 32.5 Å². The van der Waals surface area contributed by atoms with E-state index in [1.165, 1.54) is 24.3 Å². The van der Waals surface area contributed by atoms with Crippen LogP contribution in [-0.2, 0) is 0 Å². The van der Waals surface area contributed by atoms with Gasteiger partial charge in [0.15, 0.2) is 22.6 Å². The van der Waals surface area contributed by atoms with E-state index in [0.717, 1.165) is 23.6 Å². The van der Waals surface area contributed by atoms with Gasteiger partial charge in [0, 0.05) is 43.3 Å². The molecule has 5 heterocycles. The molecule has 8 nitrogen and oxygen atoms in total. The van der Waals surface area contributed by atoms with Crippen molar-refractivity contribution in [2.75, 3.05) is 30.4 Å². The minimum Gasteiger partial charge on any atom is -0.494 e. The Bertz CT molecular complexity index is 1560. The molecular weight excluding hydrogens is 548 g/mol. The molecule has 0 radical (unpaired) electrons. The molecule has 0 spiro atoms. The van der Waals surface area contributed by atoms with Gasteiger partial charge in [-0.05, 0) is 13.0 Å². The number of aromatic nitrogens is 4. The summed E-state index contributed by atoms with van der Waals surface area (Å²) in [6.45, 7) is 1.56. The van der Waals surface area contributed by atoms with Crippen molar-refractivity contribution in [3.05, 3.63) is 52.6 Å². The number of hydrogen-bond donors (Lipinski definition) is 1. The number of amides is 1. The number of halogens is 5. The zero-order valence-corrected chi connectivity index (χ0v) is 21.6. The molecule has 0 unspecified atom stereocenters. The minimum atomic E-state index is -2.78. The van der Waals surface area contributed by atoms with Crippen LogP contribution in [0.1, 0.15) is 28.9 Å². The van der Waals surface area contributed by atoms with Crippen molar-refractivity contribution < 1.29 is 27.1 Å². The maximum atomic E-state index is 14.8. The van der Waals surface area contributed by atoms with Gasteiger partial charge in [-0.1, -0.05) is 22.9 Å². The van der Waals surface area contributed by atoms with Gasteiger partial charge in [-0.15, -0.1) is 0 Å². The molecule has 4 aromatic heterocycles. The summed E-state index contributed by atoms with van der Waals surface area (Å²) in [6.07, 6.45) is 1.50. The third-order valence-corrected chi connectivity index (χ3v) is 7.17. The molecular formula is C24H19ClF4N6O2S. The molecule has 1 amide bonds. The second-order valence-corrected chi connectivity index (χ2v) is 9.95. The monoisotopic (exact) mass is 566 g/mol. The predicted molar refractivity (Wildman–Crippen MR) is 135 cm³/mol. The maximum Gasteiger partial charge on any atom is 0.261 e. The highest BCUT2D eigenvalue weighted by Crippen LogP contribution is 2.38. The van der Waals surface area contributed by atoms with Crippen molar-refractivity contribution in [2.45, 2.75) is 25.7 Å². The molecule has 0 bridgehead atoms. The smallest absolute Gasteiger partial charge is 0.261 e. The second kappa shape index (κ2) is 9.95. The van der Waals surface area contributed by atoms with Crippen LogP contribution < -0.4 is 15.0 Å². The van der Waals surface area contributed by atoms with E-state index in [9.17, 15) is 22.4 Å². The normalized spacial score (nSPS) is 15.1. The van der Waals surface area contributed by atoms with Gasteiger partial charge in [-0.3, -0.25) is 15.1 Å². The average molecular weight is 567 g/mol. The third kappa shape index (κ3) is 4.95. The van der Waals surface area contributed by atoms with Crippen LogP contribution in [0.4, 0.5) is 28.5 Å². The van der Waals surface area contributed by atoms with Crippen molar-refractivity contribution in [1.29, 1.82) is 0 Å². The number of anilines is 2. The quantitative estimate of drug-likeness (QED) is 0.238. The zero-order valence-electron chi connectivity index (χ0n) is 20.0. The lowest BCUT2D eigenvalue weighted by Crippen LogP contribution is -2.40. The first-order chi connectivity index (χ1) is 18.1. The molecule has 0 saturated carbocycles. The highest BCUT2D eigenvalue weighted by atomic mass is 35.5. The molecule has 1 N–H and O–H groups in total. The molecule has 0 atom stereocenters. The Hall–Kier alpha value is -3.58. The number of nitrogens with zero attached hydrogens (tertiary/aromatic N) is 5. The first kappa shape index (κ1) is 26.0. The molecule has 1 aliphatic heterocycles. The van der Waals surface area contributed by atoms with E-state index in [1.807, 2.05) is 0 Å². The van der Waals surface area contributed by atoms with Crippen molar-refractivity contribution in [3.8, 4) is 16.9 Å². The molecule has 0 aromatic carbocycles. The highest BCUT2D eigenvalue weighted by Gasteiger charge is 2.35. The summed E-state index contributed by atoms with van der Waals surface area (Å²) in [7, 11) is 1.34. The van der Waals surface area contributed by atoms with Crippen LogP contribution in [0.25, 0.3) is 21.5 Å². The van der Waals surface area contributed by atoms with Crippen molar-refractivity contribution in [2.24, 2.45) is 0 Å². The summed E-state index contributed by atoms with van der Waals surface area (Å²) in [4.78, 5) is 31.5. The average Bonchev–Trinajstić information content (AvgIpc) is 3.23. The van der Waals surface area contributed by atoms with Gasteiger partial charge in [0.25, 0.3) is 11.8 Å². The number of piperidine rings is 1. The van der Waals surface area contributed by atoms with E-state index in [1.54, 1.807) is 6.92 Å². The Balaban J connectivity index is 1.48. The number of nitrogens with one attached hydrogen (secondary N) is 1. The van der Waals surface area contributed by atoms with Gasteiger partial charge >= 0.3 is 0 Å². The molecule has 1 saturated heterocycles. The van der Waals surface area contributed by atoms with Gasteiger partial charge in [0.05, 0.1) is 30.6 Å². The van der Waals surface area contributed by atoms with E-state index < -0.39 is 36.3 Å². The van der Waals surface area contributed by atoms with E-state index in [2.05, 4.69) is 25.3 Å². The molecule has 1 fully saturated rings. The molecule has 198 valence electrons. The summed E-state index contributed by atoms with van der Waals surface area (Å²) in [5, 5.41) is 2.49. The Kier molecular flexibility index (Phi) is 6.82. The van der Waals surface area contributed by atoms with E-state index >= 15 is 0 Å². The third-order valence-electron chi connectivity index (χ3n) is 6.02. The topological polar surface area (TPSA) is 93.1 Å². The van der Waals surface area contributed by atoms with E-state index in [0.29, 0.717) is 10.5 Å². The minimum absolute atomic E-state index is 0.0233. The van der Waals surface area contributed by atoms with Gasteiger partial charge in [0.2, 0.25) is 0 Å². The Morgan fingerprint density at radius 3 is 2.58 bits per heavy atom. The standard InChI is InChI=1S/C24H19ClF4N6O2S/c1-11-7-12(17-14(27)9-30-10-16(17)37-2)18(19(25)31-11)21(36)34-23-32-15-8-13(26)20(33-22(15)38-23)35-5-3-24(28,29)4-6-35/h7-10H,3-6H2,1-2H3,(H,32,34,36). The number of carbonyl (C=O) groups is 1. The van der Waals surface area contributed by atoms with Crippen LogP contribution in [0, 0.1) is 18.6 Å². The largest absolute Gasteiger partial charge is 0.494 e. The number of hydrogen-bond acceptors (Lipinski definition) is 8. The van der Waals surface area contributed by atoms with Gasteiger partial charge in [0.1, 0.15) is 21.2 Å². The number of ether oxygens (including phenoxy) is 1. The van der Waals surface area contributed by atoms with Crippen LogP contribution in [0.15, 0.2) is 24.5 Å². The van der Waals surface area contributed by atoms with Gasteiger partial charge in [-0.2, -0.15) is 0 Å². The van der Waals surface area contributed by atoms with Crippen LogP contribution in [0.5, 0.6) is 5.75 Å². The van der Waals surface area contributed by atoms with Crippen LogP contribution in [-0.4, -0.2) is 52.0 Å². The first-order valence-corrected chi connectivity index (χ1v) is 12.5. The number of methoxy groups -OCH3 is 1. The molecule has 1 aliphatic rings. The summed E-state index contributed by atoms with van der Waals surface area (Å²) < 4.78 is 61.9. The molecule has 0 aliphatic carbocycles. The number of rotatable bonds is 5. The Morgan fingerprint density at radius 1 is 1.13 bits per heavy atom. The summed E-state index contributed by atoms with van der Waals surface area (Å²) in [5.41, 5.74) is 0.580. The second-order valence-electron chi connectivity index (χ2n) is 8.61. The lowest BCUT2D eigenvalue weighted by Gasteiger charge is -2.32. The number of carbonyl (C=O) groups excluding carboxylic acids is 1. The molecule has 5 rings (SSSR count). The fourth-order valence-electron chi connectivity index (χ4n) is 4.19. The van der Waals surface area contributed by atoms with E-state index in [-0.39, 0.29) is 57.1 Å². The predicted octanol–water partition coefficient (Wildman–Crippen LogP) is 5.88. The molecule has 4 aromatic rings. The lowest BCUT2D eigenvalue weighted by molar-refractivity contribution is -0.0222. The molecule has 38 heavy (non-hydrogen) atoms. The summed E-state index contributed by atoms with van der Waals surface area (Å²) in [5.74, 6) is -4.94. The fraction of sp³-hybridized carbons (Fsp3) is 0.292. The van der Waals surface area contributed by atoms with Crippen LogP contribution in [0.3, 0.4) is 0 Å². The van der Waals surface area contributed by atoms with Crippen molar-refractivity contribution in [1.82, 2.24) is 19.9 Å². The fourth-order valence-corrected chi connectivity index (χ4v) is 5.33. The lowest BCUT2D eigenvalue weighted by atomic mass is 9.99. The molecule has 14 heteroatoms. The van der Waals surface area contributed by atoms with Crippen molar-refractivity contribution in [3.63, 3.8) is 0 Å². The number of aryl methyl sites for hydroxylation is 1. The zero-order chi connectivity index (χ0) is 27.2. The number of fused-ring (bicyclic) bond motifs is 1. The Morgan fingerprint density at radius 2 is 1.87 bits per heavy atom. The maximum absolute atomic E-state index is 14.8. The van der Waals surface area contributed by atoms with Crippen LogP contribution >= 0.6 is 22.9 Å². The van der Waals surface area contributed by atoms with Gasteiger partial charge < -0.3 is 9.64 Å². The van der Waals surface area contributed by atoms with Crippen LogP contribution in [0.2, 0.25) is 5.15 Å². The first-order valence-electron chi connectivity index (χ1n) is 11.3. The van der Waals surface area contributed by atoms with Crippen molar-refractivity contribution >= 4 is 50.1 Å². The van der Waals surface area contributed by atoms with E-state index in [4.69, 9.17) is 16.3 Å². The number of thiazole rings is 1. The number of pyridine rings is 3. The summed E-state index contributed by atoms with van der Waals surface area (Å²) >= 11 is 7.29. The Labute approximate surface area is 222 Å². The SMILES string of the molecule is COc1cncc(F)c1-c1cc(C)nc(Cl)c1C(=O)Nc1nc2cc(F)c(N3CCC(F)(F)CC3)nc2s1. The number of alkyl halides is 2. The summed E-state index contributed by atoms with van der Waals surface area (Å²) in [6, 6.07) is 2.63. The highest BCUT2D eigenvalue weighted by molar-refractivity contribution is 7.22.